The van der Waals surface area contributed by atoms with Crippen LogP contribution in [0.1, 0.15) is 31.5 Å². The Kier molecular flexibility index (Phi) is 6.53. The van der Waals surface area contributed by atoms with Crippen molar-refractivity contribution in [2.75, 3.05) is 7.11 Å². The van der Waals surface area contributed by atoms with E-state index in [4.69, 9.17) is 5.73 Å². The van der Waals surface area contributed by atoms with Gasteiger partial charge in [-0.05, 0) is 42.0 Å². The number of nitrogens with zero attached hydrogens (tertiary/aromatic N) is 3. The summed E-state index contributed by atoms with van der Waals surface area (Å²) in [4.78, 5) is 9.49. The first-order chi connectivity index (χ1) is 9.82. The Hall–Kier alpha value is -1.71. The molecule has 1 aromatic rings. The topological polar surface area (TPSA) is 107 Å². The van der Waals surface area contributed by atoms with Crippen LogP contribution < -0.4 is 5.73 Å². The van der Waals surface area contributed by atoms with E-state index < -0.39 is 12.1 Å². The molecule has 0 aromatic carbocycles. The molecule has 1 aromatic heterocycles. The van der Waals surface area contributed by atoms with Crippen LogP contribution in [0, 0.1) is 5.92 Å². The van der Waals surface area contributed by atoms with Gasteiger partial charge in [-0.1, -0.05) is 0 Å². The molecule has 21 heavy (non-hydrogen) atoms. The van der Waals surface area contributed by atoms with Crippen LogP contribution in [-0.4, -0.2) is 45.9 Å². The van der Waals surface area contributed by atoms with Crippen LogP contribution >= 0.6 is 0 Å². The van der Waals surface area contributed by atoms with Gasteiger partial charge in [-0.15, -0.1) is 5.10 Å². The van der Waals surface area contributed by atoms with E-state index in [-0.39, 0.29) is 0 Å². The van der Waals surface area contributed by atoms with Crippen LogP contribution in [0.3, 0.4) is 0 Å². The van der Waals surface area contributed by atoms with E-state index in [0.29, 0.717) is 13.2 Å². The molecule has 1 aliphatic carbocycles. The van der Waals surface area contributed by atoms with Crippen molar-refractivity contribution in [3.8, 4) is 0 Å². The Morgan fingerprint density at radius 3 is 2.38 bits per heavy atom. The number of nitrogens with one attached hydrogen (secondary N) is 1. The molecule has 0 atom stereocenters. The van der Waals surface area contributed by atoms with Gasteiger partial charge in [0.25, 0.3) is 0 Å². The molecule has 10 heteroatoms. The number of aromatic amines is 1. The van der Waals surface area contributed by atoms with Gasteiger partial charge in [0.1, 0.15) is 5.82 Å². The number of halogens is 3. The summed E-state index contributed by atoms with van der Waals surface area (Å²) in [5.74, 6) is -0.549. The number of carbonyl (C=O) groups excluding carboxylic acids is 1. The molecule has 1 fully saturated rings. The molecule has 0 aliphatic heterocycles. The molecule has 0 spiro atoms. The van der Waals surface area contributed by atoms with Crippen molar-refractivity contribution in [1.82, 2.24) is 20.6 Å². The highest BCUT2D eigenvalue weighted by molar-refractivity contribution is 5.75. The van der Waals surface area contributed by atoms with Gasteiger partial charge in [-0.3, -0.25) is 0 Å². The van der Waals surface area contributed by atoms with Gasteiger partial charge < -0.3 is 10.5 Å². The third-order valence-corrected chi connectivity index (χ3v) is 3.18. The molecule has 0 unspecified atom stereocenters. The van der Waals surface area contributed by atoms with E-state index in [1.54, 1.807) is 0 Å². The van der Waals surface area contributed by atoms with Crippen molar-refractivity contribution >= 4 is 5.97 Å². The summed E-state index contributed by atoms with van der Waals surface area (Å²) in [5, 5.41) is 13.8. The van der Waals surface area contributed by atoms with E-state index in [0.717, 1.165) is 31.0 Å². The molecule has 0 bridgehead atoms. The fourth-order valence-electron chi connectivity index (χ4n) is 2.05. The largest absolute Gasteiger partial charge is 0.490 e. The second-order valence-electron chi connectivity index (χ2n) is 4.82. The Morgan fingerprint density at radius 1 is 1.38 bits per heavy atom. The summed E-state index contributed by atoms with van der Waals surface area (Å²) < 4.78 is 36.3. The molecule has 1 saturated carbocycles. The first-order valence-corrected chi connectivity index (χ1v) is 6.46. The molecule has 2 rings (SSSR count). The molecule has 7 nitrogen and oxygen atoms in total. The number of esters is 1. The number of methoxy groups -OCH3 is 1. The van der Waals surface area contributed by atoms with E-state index in [2.05, 4.69) is 25.4 Å². The smallest absolute Gasteiger partial charge is 0.462 e. The second-order valence-corrected chi connectivity index (χ2v) is 4.82. The lowest BCUT2D eigenvalue weighted by Gasteiger charge is -2.24. The van der Waals surface area contributed by atoms with Gasteiger partial charge in [-0.25, -0.2) is 9.89 Å². The molecule has 1 aliphatic rings. The Morgan fingerprint density at radius 2 is 2.00 bits per heavy atom. The molecule has 0 amide bonds. The number of rotatable bonds is 2. The average molecular weight is 309 g/mol. The van der Waals surface area contributed by atoms with Gasteiger partial charge in [0, 0.05) is 12.5 Å². The summed E-state index contributed by atoms with van der Waals surface area (Å²) in [5.41, 5.74) is 5.82. The van der Waals surface area contributed by atoms with Gasteiger partial charge in [0.05, 0.1) is 7.11 Å². The zero-order valence-electron chi connectivity index (χ0n) is 11.6. The zero-order chi connectivity index (χ0) is 15.9. The molecule has 120 valence electrons. The lowest BCUT2D eigenvalue weighted by atomic mass is 9.84. The van der Waals surface area contributed by atoms with Crippen LogP contribution in [0.2, 0.25) is 0 Å². The van der Waals surface area contributed by atoms with Crippen molar-refractivity contribution < 1.29 is 22.7 Å². The van der Waals surface area contributed by atoms with Crippen LogP contribution in [0.5, 0.6) is 0 Å². The van der Waals surface area contributed by atoms with Crippen molar-refractivity contribution in [2.24, 2.45) is 11.7 Å². The quantitative estimate of drug-likeness (QED) is 0.789. The monoisotopic (exact) mass is 309 g/mol. The van der Waals surface area contributed by atoms with E-state index in [1.165, 1.54) is 12.8 Å². The van der Waals surface area contributed by atoms with Crippen LogP contribution in [-0.2, 0) is 16.0 Å². The standard InChI is InChI=1S/C8H15N5.C3H3F3O2/c9-7-3-1-6(2-4-7)5-8-10-12-13-11-8;1-8-2(7)3(4,5)6/h6-7H,1-5,9H2,(H,10,11,12,13);1H3. The third kappa shape index (κ3) is 6.52. The predicted molar refractivity (Wildman–Crippen MR) is 65.9 cm³/mol. The number of H-pyrrole nitrogens is 1. The summed E-state index contributed by atoms with van der Waals surface area (Å²) in [6.07, 6.45) is 0.830. The van der Waals surface area contributed by atoms with E-state index in [1.807, 2.05) is 0 Å². The van der Waals surface area contributed by atoms with Crippen LogP contribution in [0.25, 0.3) is 0 Å². The number of carbonyl (C=O) groups is 1. The summed E-state index contributed by atoms with van der Waals surface area (Å²) >= 11 is 0. The minimum atomic E-state index is -4.85. The number of alkyl halides is 3. The number of aromatic nitrogens is 4. The minimum absolute atomic E-state index is 0.420. The van der Waals surface area contributed by atoms with Gasteiger partial charge in [0.15, 0.2) is 0 Å². The third-order valence-electron chi connectivity index (χ3n) is 3.18. The SMILES string of the molecule is COC(=O)C(F)(F)F.NC1CCC(Cc2nnn[nH]2)CC1. The summed E-state index contributed by atoms with van der Waals surface area (Å²) in [6.45, 7) is 0. The number of ether oxygens (including phenoxy) is 1. The predicted octanol–water partition coefficient (Wildman–Crippen LogP) is 0.981. The Labute approximate surface area is 119 Å². The molecule has 1 heterocycles. The molecule has 3 N–H and O–H groups in total. The van der Waals surface area contributed by atoms with Gasteiger partial charge in [-0.2, -0.15) is 13.2 Å². The lowest BCUT2D eigenvalue weighted by molar-refractivity contribution is -0.196. The first kappa shape index (κ1) is 17.3. The summed E-state index contributed by atoms with van der Waals surface area (Å²) in [6, 6.07) is 0.420. The minimum Gasteiger partial charge on any atom is -0.462 e. The van der Waals surface area contributed by atoms with Crippen molar-refractivity contribution in [3.05, 3.63) is 5.82 Å². The maximum absolute atomic E-state index is 11.0. The Bertz CT molecular complexity index is 416. The highest BCUT2D eigenvalue weighted by Crippen LogP contribution is 2.25. The average Bonchev–Trinajstić information content (AvgIpc) is 2.93. The number of nitrogens with two attached hydrogens (primary N) is 1. The van der Waals surface area contributed by atoms with Crippen molar-refractivity contribution in [3.63, 3.8) is 0 Å². The van der Waals surface area contributed by atoms with Crippen molar-refractivity contribution in [2.45, 2.75) is 44.3 Å². The number of hydrogen-bond acceptors (Lipinski definition) is 6. The zero-order valence-corrected chi connectivity index (χ0v) is 11.6. The van der Waals surface area contributed by atoms with E-state index in [9.17, 15) is 18.0 Å². The van der Waals surface area contributed by atoms with Crippen LogP contribution in [0.15, 0.2) is 0 Å². The van der Waals surface area contributed by atoms with E-state index >= 15 is 0 Å². The van der Waals surface area contributed by atoms with Crippen LogP contribution in [0.4, 0.5) is 13.2 Å². The highest BCUT2D eigenvalue weighted by Gasteiger charge is 2.40. The molecule has 0 saturated heterocycles. The first-order valence-electron chi connectivity index (χ1n) is 6.46. The fraction of sp³-hybridized carbons (Fsp3) is 0.818. The van der Waals surface area contributed by atoms with Crippen molar-refractivity contribution in [1.29, 1.82) is 0 Å². The number of hydrogen-bond donors (Lipinski definition) is 2. The van der Waals surface area contributed by atoms with Gasteiger partial charge in [0.2, 0.25) is 0 Å². The molecule has 0 radical (unpaired) electrons. The highest BCUT2D eigenvalue weighted by atomic mass is 19.4. The van der Waals surface area contributed by atoms with Gasteiger partial charge >= 0.3 is 12.1 Å². The fourth-order valence-corrected chi connectivity index (χ4v) is 2.05. The second kappa shape index (κ2) is 7.91. The Balaban J connectivity index is 0.000000240. The molecular formula is C11H18F3N5O2. The maximum Gasteiger partial charge on any atom is 0.490 e. The molecular weight excluding hydrogens is 291 g/mol. The normalized spacial score (nSPS) is 22.1. The summed E-state index contributed by atoms with van der Waals surface area (Å²) in [7, 11) is 0.676. The maximum atomic E-state index is 11.0. The number of tetrazole rings is 1. The lowest BCUT2D eigenvalue weighted by Crippen LogP contribution is -2.27.